The number of nitrogens with zero attached hydrogens (tertiary/aromatic N) is 1. The first-order chi connectivity index (χ1) is 13.8. The van der Waals surface area contributed by atoms with E-state index in [1.165, 1.54) is 29.3 Å². The number of carboxylic acid groups (broad SMARTS) is 2. The number of rotatable bonds is 6. The van der Waals surface area contributed by atoms with Crippen molar-refractivity contribution in [1.82, 2.24) is 5.43 Å². The van der Waals surface area contributed by atoms with Gasteiger partial charge in [0.25, 0.3) is 11.8 Å². The molecule has 1 aliphatic heterocycles. The van der Waals surface area contributed by atoms with Gasteiger partial charge in [0.15, 0.2) is 0 Å². The van der Waals surface area contributed by atoms with Crippen LogP contribution in [0.3, 0.4) is 0 Å². The summed E-state index contributed by atoms with van der Waals surface area (Å²) in [6.45, 7) is 2.05. The monoisotopic (exact) mass is 436 g/mol. The molecule has 1 atom stereocenters. The summed E-state index contributed by atoms with van der Waals surface area (Å²) in [5, 5.41) is 20.0. The zero-order chi connectivity index (χ0) is 21.4. The molecule has 152 valence electrons. The summed E-state index contributed by atoms with van der Waals surface area (Å²) in [6.07, 6.45) is 2.51. The van der Waals surface area contributed by atoms with E-state index in [1.807, 2.05) is 25.1 Å². The number of carboxylic acids is 2. The molecule has 0 aliphatic carbocycles. The number of anilines is 1. The minimum absolute atomic E-state index is 0. The fourth-order valence-corrected chi connectivity index (χ4v) is 2.69. The second-order valence-corrected chi connectivity index (χ2v) is 6.35. The third kappa shape index (κ3) is 7.03. The van der Waals surface area contributed by atoms with Gasteiger partial charge in [0, 0.05) is 0 Å². The number of unbranched alkanes of at least 4 members (excludes halogenated alkanes) is 1. The fourth-order valence-electron chi connectivity index (χ4n) is 2.69. The van der Waals surface area contributed by atoms with Crippen molar-refractivity contribution >= 4 is 29.4 Å². The van der Waals surface area contributed by atoms with Crippen LogP contribution >= 0.6 is 0 Å². The summed E-state index contributed by atoms with van der Waals surface area (Å²) in [5.74, 6) is -3.25. The first-order valence-corrected chi connectivity index (χ1v) is 9.09. The Morgan fingerprint density at radius 3 is 2.10 bits per heavy atom. The van der Waals surface area contributed by atoms with Crippen LogP contribution in [0, 0.1) is 5.92 Å². The standard InChI is InChI=1S/C13H16N2O2.C8H6O4.K/c1-2-3-9-11-12(16)14-15(13(11)17)10-7-5-4-6-8-10;9-7(10)5-1-2-6(4-3-5)8(11)12;/h4-8,11H,2-3,9H2,1H3,(H,14,16);1-4H,(H,9,10)(H,11,12);/q;;+1/p-1. The molecule has 3 rings (SSSR count). The van der Waals surface area contributed by atoms with E-state index in [2.05, 4.69) is 5.43 Å². The normalized spacial score (nSPS) is 14.8. The molecule has 9 heteroatoms. The van der Waals surface area contributed by atoms with Gasteiger partial charge in [0.1, 0.15) is 5.92 Å². The molecule has 2 N–H and O–H groups in total. The van der Waals surface area contributed by atoms with Gasteiger partial charge in [-0.25, -0.2) is 9.80 Å². The first kappa shape index (κ1) is 26.0. The number of para-hydroxylation sites is 1. The van der Waals surface area contributed by atoms with Gasteiger partial charge in [0.05, 0.1) is 17.2 Å². The predicted molar refractivity (Wildman–Crippen MR) is 103 cm³/mol. The quantitative estimate of drug-likeness (QED) is 0.425. The molecule has 0 radical (unpaired) electrons. The number of hydrogen-bond donors (Lipinski definition) is 2. The van der Waals surface area contributed by atoms with E-state index in [9.17, 15) is 24.3 Å². The van der Waals surface area contributed by atoms with Crippen LogP contribution in [-0.4, -0.2) is 28.9 Å². The van der Waals surface area contributed by atoms with Crippen LogP contribution in [0.15, 0.2) is 54.6 Å². The summed E-state index contributed by atoms with van der Waals surface area (Å²) in [6, 6.07) is 14.0. The van der Waals surface area contributed by atoms with Crippen molar-refractivity contribution in [2.75, 3.05) is 5.01 Å². The van der Waals surface area contributed by atoms with Crippen molar-refractivity contribution < 1.29 is 80.8 Å². The zero-order valence-electron chi connectivity index (χ0n) is 16.8. The van der Waals surface area contributed by atoms with Crippen LogP contribution in [0.2, 0.25) is 0 Å². The molecule has 0 spiro atoms. The Hall–Kier alpha value is -2.04. The Labute approximate surface area is 216 Å². The van der Waals surface area contributed by atoms with Gasteiger partial charge in [0.2, 0.25) is 0 Å². The van der Waals surface area contributed by atoms with E-state index in [-0.39, 0.29) is 74.3 Å². The molecule has 1 saturated heterocycles. The topological polar surface area (TPSA) is 127 Å². The molecule has 1 unspecified atom stereocenters. The molecule has 0 saturated carbocycles. The fraction of sp³-hybridized carbons (Fsp3) is 0.238. The van der Waals surface area contributed by atoms with Gasteiger partial charge >= 0.3 is 57.4 Å². The van der Waals surface area contributed by atoms with E-state index in [0.717, 1.165) is 12.8 Å². The average molecular weight is 437 g/mol. The van der Waals surface area contributed by atoms with Crippen molar-refractivity contribution in [3.8, 4) is 0 Å². The summed E-state index contributed by atoms with van der Waals surface area (Å²) >= 11 is 0. The maximum absolute atomic E-state index is 12.1. The molecule has 8 nitrogen and oxygen atoms in total. The van der Waals surface area contributed by atoms with Crippen molar-refractivity contribution in [2.24, 2.45) is 5.92 Å². The molecular weight excluding hydrogens is 415 g/mol. The van der Waals surface area contributed by atoms with Gasteiger partial charge in [-0.1, -0.05) is 50.1 Å². The van der Waals surface area contributed by atoms with E-state index in [1.54, 1.807) is 12.1 Å². The van der Waals surface area contributed by atoms with Gasteiger partial charge in [-0.15, -0.1) is 0 Å². The number of carbonyl (C=O) groups excluding carboxylic acids is 3. The third-order valence-electron chi connectivity index (χ3n) is 4.29. The van der Waals surface area contributed by atoms with Gasteiger partial charge in [-0.2, -0.15) is 0 Å². The van der Waals surface area contributed by atoms with Crippen LogP contribution in [0.1, 0.15) is 46.9 Å². The predicted octanol–water partition coefficient (Wildman–Crippen LogP) is -1.38. The second-order valence-electron chi connectivity index (χ2n) is 6.35. The van der Waals surface area contributed by atoms with Crippen LogP contribution in [0.5, 0.6) is 0 Å². The molecule has 0 aromatic heterocycles. The Kier molecular flexibility index (Phi) is 10.9. The number of hydrogen-bond acceptors (Lipinski definition) is 5. The Balaban J connectivity index is 0.000000308. The Morgan fingerprint density at radius 1 is 1.03 bits per heavy atom. The summed E-state index contributed by atoms with van der Waals surface area (Å²) in [5.41, 5.74) is 3.36. The largest absolute Gasteiger partial charge is 1.00 e. The number of carbonyl (C=O) groups is 4. The first-order valence-electron chi connectivity index (χ1n) is 9.09. The maximum atomic E-state index is 12.1. The van der Waals surface area contributed by atoms with Crippen LogP contribution in [0.25, 0.3) is 0 Å². The summed E-state index contributed by atoms with van der Waals surface area (Å²) in [7, 11) is 0. The van der Waals surface area contributed by atoms with Crippen molar-refractivity contribution in [2.45, 2.75) is 26.2 Å². The second kappa shape index (κ2) is 12.6. The Morgan fingerprint density at radius 2 is 1.60 bits per heavy atom. The van der Waals surface area contributed by atoms with Crippen molar-refractivity contribution in [1.29, 1.82) is 0 Å². The zero-order valence-corrected chi connectivity index (χ0v) is 20.0. The number of hydrazine groups is 1. The number of aromatic carboxylic acids is 2. The van der Waals surface area contributed by atoms with Crippen molar-refractivity contribution in [3.05, 3.63) is 65.7 Å². The summed E-state index contributed by atoms with van der Waals surface area (Å²) < 4.78 is 0. The van der Waals surface area contributed by atoms with E-state index < -0.39 is 17.9 Å². The van der Waals surface area contributed by atoms with Crippen LogP contribution in [-0.2, 0) is 9.59 Å². The smallest absolute Gasteiger partial charge is 0.545 e. The van der Waals surface area contributed by atoms with Crippen molar-refractivity contribution in [3.63, 3.8) is 0 Å². The number of amides is 2. The Bertz CT molecular complexity index is 853. The van der Waals surface area contributed by atoms with Crippen LogP contribution < -0.4 is 66.9 Å². The van der Waals surface area contributed by atoms with Crippen LogP contribution in [0.4, 0.5) is 5.69 Å². The SMILES string of the molecule is CCCCC1C(=O)NN(c2ccccc2)C1=O.O=C([O-])c1ccc(C(=O)O)cc1.[K+]. The molecule has 1 fully saturated rings. The third-order valence-corrected chi connectivity index (χ3v) is 4.29. The van der Waals surface area contributed by atoms with E-state index >= 15 is 0 Å². The van der Waals surface area contributed by atoms with Gasteiger partial charge in [-0.05, 0) is 36.2 Å². The number of nitrogens with one attached hydrogen (secondary N) is 1. The minimum Gasteiger partial charge on any atom is -0.545 e. The number of benzene rings is 2. The maximum Gasteiger partial charge on any atom is 1.00 e. The van der Waals surface area contributed by atoms with E-state index in [4.69, 9.17) is 5.11 Å². The molecular formula is C21H21KN2O6. The molecule has 2 aromatic carbocycles. The molecule has 30 heavy (non-hydrogen) atoms. The van der Waals surface area contributed by atoms with E-state index in [0.29, 0.717) is 12.1 Å². The molecule has 0 bridgehead atoms. The van der Waals surface area contributed by atoms with Gasteiger partial charge in [-0.3, -0.25) is 15.0 Å². The molecule has 2 aromatic rings. The summed E-state index contributed by atoms with van der Waals surface area (Å²) in [4.78, 5) is 44.3. The average Bonchev–Trinajstić information content (AvgIpc) is 3.01. The molecule has 2 amide bonds. The molecule has 1 aliphatic rings. The van der Waals surface area contributed by atoms with Gasteiger partial charge < -0.3 is 15.0 Å². The minimum atomic E-state index is -1.31. The molecule has 1 heterocycles.